The lowest BCUT2D eigenvalue weighted by atomic mass is 10.2. The van der Waals surface area contributed by atoms with Gasteiger partial charge in [0.2, 0.25) is 5.91 Å². The van der Waals surface area contributed by atoms with Gasteiger partial charge < -0.3 is 15.0 Å². The lowest BCUT2D eigenvalue weighted by Gasteiger charge is -2.17. The number of nitrogens with one attached hydrogen (secondary N) is 1. The maximum absolute atomic E-state index is 12.1. The predicted octanol–water partition coefficient (Wildman–Crippen LogP) is 1.49. The number of hydrogen-bond donors (Lipinski definition) is 1. The molecule has 2 rings (SSSR count). The van der Waals surface area contributed by atoms with Crippen molar-refractivity contribution in [1.29, 1.82) is 0 Å². The van der Waals surface area contributed by atoms with E-state index in [9.17, 15) is 14.4 Å². The Bertz CT molecular complexity index is 585. The highest BCUT2D eigenvalue weighted by Crippen LogP contribution is 2.22. The zero-order valence-corrected chi connectivity index (χ0v) is 12.8. The highest BCUT2D eigenvalue weighted by Gasteiger charge is 2.23. The first-order valence-corrected chi connectivity index (χ1v) is 7.42. The highest BCUT2D eigenvalue weighted by molar-refractivity contribution is 5.98. The van der Waals surface area contributed by atoms with E-state index in [-0.39, 0.29) is 11.8 Å². The summed E-state index contributed by atoms with van der Waals surface area (Å²) in [6.07, 6.45) is 0.495. The zero-order valence-electron chi connectivity index (χ0n) is 12.8. The molecule has 1 heterocycles. The van der Waals surface area contributed by atoms with Crippen molar-refractivity contribution >= 4 is 23.5 Å². The summed E-state index contributed by atoms with van der Waals surface area (Å²) in [4.78, 5) is 37.1. The lowest BCUT2D eigenvalue weighted by Crippen LogP contribution is -2.35. The van der Waals surface area contributed by atoms with Crippen molar-refractivity contribution in [3.8, 4) is 0 Å². The summed E-state index contributed by atoms with van der Waals surface area (Å²) in [5.41, 5.74) is 1.01. The molecular formula is C16H20N2O4. The minimum Gasteiger partial charge on any atom is -0.449 e. The minimum absolute atomic E-state index is 0.0567. The van der Waals surface area contributed by atoms with Crippen LogP contribution in [-0.2, 0) is 14.3 Å². The molecule has 0 bridgehead atoms. The van der Waals surface area contributed by atoms with Crippen LogP contribution in [0.15, 0.2) is 24.3 Å². The van der Waals surface area contributed by atoms with E-state index in [1.165, 1.54) is 6.92 Å². The number of carbonyl (C=O) groups excluding carboxylic acids is 3. The monoisotopic (exact) mass is 304 g/mol. The number of amides is 2. The maximum Gasteiger partial charge on any atom is 0.338 e. The van der Waals surface area contributed by atoms with Gasteiger partial charge in [0.05, 0.1) is 5.56 Å². The molecule has 0 aliphatic carbocycles. The molecule has 0 radical (unpaired) electrons. The normalized spacial score (nSPS) is 15.5. The topological polar surface area (TPSA) is 75.7 Å². The first-order chi connectivity index (χ1) is 10.5. The first-order valence-electron chi connectivity index (χ1n) is 7.42. The van der Waals surface area contributed by atoms with Gasteiger partial charge in [-0.1, -0.05) is 6.07 Å². The molecule has 1 saturated heterocycles. The number of benzene rings is 1. The molecule has 22 heavy (non-hydrogen) atoms. The summed E-state index contributed by atoms with van der Waals surface area (Å²) in [7, 11) is 0. The van der Waals surface area contributed by atoms with Crippen molar-refractivity contribution in [2.75, 3.05) is 18.0 Å². The average Bonchev–Trinajstić information content (AvgIpc) is 2.93. The van der Waals surface area contributed by atoms with E-state index in [1.807, 2.05) is 0 Å². The molecule has 0 spiro atoms. The molecule has 0 unspecified atom stereocenters. The minimum atomic E-state index is -0.857. The quantitative estimate of drug-likeness (QED) is 0.836. The third-order valence-corrected chi connectivity index (χ3v) is 3.47. The Kier molecular flexibility index (Phi) is 5.14. The smallest absolute Gasteiger partial charge is 0.338 e. The van der Waals surface area contributed by atoms with Crippen molar-refractivity contribution in [1.82, 2.24) is 5.32 Å². The van der Waals surface area contributed by atoms with Crippen molar-refractivity contribution in [2.24, 2.45) is 0 Å². The fourth-order valence-corrected chi connectivity index (χ4v) is 2.32. The number of nitrogens with zero attached hydrogens (tertiary/aromatic N) is 1. The van der Waals surface area contributed by atoms with E-state index in [4.69, 9.17) is 4.74 Å². The molecule has 1 N–H and O–H groups in total. The van der Waals surface area contributed by atoms with Crippen LogP contribution in [0.3, 0.4) is 0 Å². The fraction of sp³-hybridized carbons (Fsp3) is 0.438. The first kappa shape index (κ1) is 16.0. The van der Waals surface area contributed by atoms with E-state index in [0.29, 0.717) is 30.8 Å². The second-order valence-corrected chi connectivity index (χ2v) is 5.14. The Labute approximate surface area is 129 Å². The predicted molar refractivity (Wildman–Crippen MR) is 81.6 cm³/mol. The van der Waals surface area contributed by atoms with Crippen molar-refractivity contribution in [3.05, 3.63) is 29.8 Å². The largest absolute Gasteiger partial charge is 0.449 e. The molecular weight excluding hydrogens is 284 g/mol. The van der Waals surface area contributed by atoms with Gasteiger partial charge >= 0.3 is 5.97 Å². The Morgan fingerprint density at radius 3 is 2.82 bits per heavy atom. The van der Waals surface area contributed by atoms with Gasteiger partial charge in [-0.2, -0.15) is 0 Å². The Balaban J connectivity index is 2.07. The van der Waals surface area contributed by atoms with Crippen molar-refractivity contribution < 1.29 is 19.1 Å². The molecule has 1 fully saturated rings. The molecule has 1 atom stereocenters. The molecule has 6 heteroatoms. The molecule has 1 aromatic rings. The molecule has 2 amide bonds. The molecule has 1 aliphatic rings. The van der Waals surface area contributed by atoms with Crippen LogP contribution < -0.4 is 10.2 Å². The van der Waals surface area contributed by atoms with Crippen LogP contribution in [0, 0.1) is 0 Å². The van der Waals surface area contributed by atoms with Gasteiger partial charge in [0, 0.05) is 25.2 Å². The number of ether oxygens (including phenoxy) is 1. The molecule has 1 aromatic carbocycles. The zero-order chi connectivity index (χ0) is 16.1. The summed E-state index contributed by atoms with van der Waals surface area (Å²) in [6, 6.07) is 6.72. The molecule has 1 aliphatic heterocycles. The Morgan fingerprint density at radius 1 is 1.41 bits per heavy atom. The van der Waals surface area contributed by atoms with E-state index < -0.39 is 12.1 Å². The number of esters is 1. The van der Waals surface area contributed by atoms with E-state index >= 15 is 0 Å². The van der Waals surface area contributed by atoms with E-state index in [0.717, 1.165) is 6.42 Å². The fourth-order valence-electron chi connectivity index (χ4n) is 2.32. The number of likely N-dealkylation sites (N-methyl/N-ethyl adjacent to an activating group) is 1. The second kappa shape index (κ2) is 7.06. The van der Waals surface area contributed by atoms with Crippen LogP contribution in [0.1, 0.15) is 37.0 Å². The third kappa shape index (κ3) is 3.63. The number of rotatable bonds is 5. The molecule has 0 aromatic heterocycles. The van der Waals surface area contributed by atoms with Crippen LogP contribution >= 0.6 is 0 Å². The van der Waals surface area contributed by atoms with Crippen LogP contribution in [0.5, 0.6) is 0 Å². The molecule has 6 nitrogen and oxygen atoms in total. The van der Waals surface area contributed by atoms with Crippen LogP contribution in [-0.4, -0.2) is 37.0 Å². The van der Waals surface area contributed by atoms with Gasteiger partial charge in [-0.25, -0.2) is 4.79 Å². The van der Waals surface area contributed by atoms with Gasteiger partial charge in [-0.3, -0.25) is 9.59 Å². The van der Waals surface area contributed by atoms with Crippen LogP contribution in [0.25, 0.3) is 0 Å². The lowest BCUT2D eigenvalue weighted by molar-refractivity contribution is -0.129. The highest BCUT2D eigenvalue weighted by atomic mass is 16.5. The van der Waals surface area contributed by atoms with Crippen molar-refractivity contribution in [2.45, 2.75) is 32.8 Å². The summed E-state index contributed by atoms with van der Waals surface area (Å²) >= 11 is 0. The van der Waals surface area contributed by atoms with Crippen LogP contribution in [0.4, 0.5) is 5.69 Å². The number of carbonyl (C=O) groups is 3. The average molecular weight is 304 g/mol. The number of anilines is 1. The van der Waals surface area contributed by atoms with Gasteiger partial charge in [0.1, 0.15) is 0 Å². The van der Waals surface area contributed by atoms with Gasteiger partial charge in [-0.05, 0) is 38.5 Å². The van der Waals surface area contributed by atoms with Gasteiger partial charge in [-0.15, -0.1) is 0 Å². The SMILES string of the molecule is CCNC(=O)[C@@H](C)OC(=O)c1cccc(N2CCCC2=O)c1. The maximum atomic E-state index is 12.1. The summed E-state index contributed by atoms with van der Waals surface area (Å²) in [5.74, 6) is -0.852. The summed E-state index contributed by atoms with van der Waals surface area (Å²) in [5, 5.41) is 2.60. The Hall–Kier alpha value is -2.37. The molecule has 118 valence electrons. The van der Waals surface area contributed by atoms with E-state index in [1.54, 1.807) is 36.1 Å². The second-order valence-electron chi connectivity index (χ2n) is 5.14. The standard InChI is InChI=1S/C16H20N2O4/c1-3-17-15(20)11(2)22-16(21)12-6-4-7-13(10-12)18-9-5-8-14(18)19/h4,6-7,10-11H,3,5,8-9H2,1-2H3,(H,17,20)/t11-/m1/s1. The van der Waals surface area contributed by atoms with Gasteiger partial charge in [0.15, 0.2) is 6.10 Å². The van der Waals surface area contributed by atoms with Crippen molar-refractivity contribution in [3.63, 3.8) is 0 Å². The Morgan fingerprint density at radius 2 is 2.18 bits per heavy atom. The van der Waals surface area contributed by atoms with E-state index in [2.05, 4.69) is 5.32 Å². The number of hydrogen-bond acceptors (Lipinski definition) is 4. The third-order valence-electron chi connectivity index (χ3n) is 3.47. The summed E-state index contributed by atoms with van der Waals surface area (Å²) in [6.45, 7) is 4.46. The van der Waals surface area contributed by atoms with Crippen LogP contribution in [0.2, 0.25) is 0 Å². The molecule has 0 saturated carbocycles. The summed E-state index contributed by atoms with van der Waals surface area (Å²) < 4.78 is 5.14. The van der Waals surface area contributed by atoms with Gasteiger partial charge in [0.25, 0.3) is 5.91 Å².